The molecule has 216 valence electrons. The molecule has 3 heterocycles. The summed E-state index contributed by atoms with van der Waals surface area (Å²) in [6.07, 6.45) is 0. The van der Waals surface area contributed by atoms with Crippen LogP contribution in [0.3, 0.4) is 0 Å². The molecule has 0 N–H and O–H groups in total. The third-order valence-corrected chi connectivity index (χ3v) is 8.18. The fourth-order valence-electron chi connectivity index (χ4n) is 5.99. The first-order valence-electron chi connectivity index (χ1n) is 15.1. The van der Waals surface area contributed by atoms with Gasteiger partial charge in [0, 0.05) is 38.6 Å². The van der Waals surface area contributed by atoms with Crippen molar-refractivity contribution in [2.75, 3.05) is 0 Å². The molecule has 6 nitrogen and oxygen atoms in total. The quantitative estimate of drug-likeness (QED) is 0.198. The van der Waals surface area contributed by atoms with Gasteiger partial charge < -0.3 is 8.83 Å². The van der Waals surface area contributed by atoms with Crippen LogP contribution in [0.25, 0.3) is 89.8 Å². The minimum atomic E-state index is 0.587. The molecule has 9 aromatic rings. The number of oxazole rings is 1. The Morgan fingerprint density at radius 2 is 1.00 bits per heavy atom. The highest BCUT2D eigenvalue weighted by molar-refractivity contribution is 6.15. The molecule has 0 spiro atoms. The van der Waals surface area contributed by atoms with Gasteiger partial charge in [0.1, 0.15) is 16.7 Å². The Bertz CT molecular complexity index is 2460. The van der Waals surface area contributed by atoms with Crippen LogP contribution >= 0.6 is 0 Å². The summed E-state index contributed by atoms with van der Waals surface area (Å²) in [6, 6.07) is 48.3. The number of hydrogen-bond donors (Lipinski definition) is 0. The highest BCUT2D eigenvalue weighted by Crippen LogP contribution is 2.41. The van der Waals surface area contributed by atoms with Crippen molar-refractivity contribution >= 4 is 33.0 Å². The van der Waals surface area contributed by atoms with E-state index in [1.165, 1.54) is 0 Å². The first kappa shape index (κ1) is 26.0. The molecular weight excluding hydrogens is 568 g/mol. The Labute approximate surface area is 263 Å². The molecule has 6 aromatic carbocycles. The van der Waals surface area contributed by atoms with Crippen molar-refractivity contribution in [3.8, 4) is 56.7 Å². The Morgan fingerprint density at radius 3 is 1.70 bits per heavy atom. The van der Waals surface area contributed by atoms with Gasteiger partial charge in [-0.1, -0.05) is 115 Å². The largest absolute Gasteiger partial charge is 0.455 e. The fraction of sp³-hybridized carbons (Fsp3) is 0. The summed E-state index contributed by atoms with van der Waals surface area (Å²) in [5.74, 6) is 2.42. The van der Waals surface area contributed by atoms with E-state index in [9.17, 15) is 0 Å². The number of rotatable bonds is 5. The lowest BCUT2D eigenvalue weighted by molar-refractivity contribution is 0.620. The zero-order valence-corrected chi connectivity index (χ0v) is 24.5. The van der Waals surface area contributed by atoms with Crippen molar-refractivity contribution in [3.63, 3.8) is 0 Å². The van der Waals surface area contributed by atoms with Crippen LogP contribution in [0.5, 0.6) is 0 Å². The van der Waals surface area contributed by atoms with E-state index in [4.69, 9.17) is 28.8 Å². The van der Waals surface area contributed by atoms with Crippen molar-refractivity contribution in [1.29, 1.82) is 0 Å². The van der Waals surface area contributed by atoms with Crippen LogP contribution < -0.4 is 0 Å². The second-order valence-electron chi connectivity index (χ2n) is 11.1. The zero-order valence-electron chi connectivity index (χ0n) is 24.5. The monoisotopic (exact) mass is 592 g/mol. The summed E-state index contributed by atoms with van der Waals surface area (Å²) >= 11 is 0. The average molecular weight is 593 g/mol. The zero-order chi connectivity index (χ0) is 30.5. The predicted octanol–water partition coefficient (Wildman–Crippen LogP) is 10.2. The van der Waals surface area contributed by atoms with Crippen LogP contribution in [0.4, 0.5) is 0 Å². The van der Waals surface area contributed by atoms with E-state index in [0.717, 1.165) is 66.4 Å². The van der Waals surface area contributed by atoms with E-state index < -0.39 is 0 Å². The number of benzene rings is 6. The molecule has 0 amide bonds. The predicted molar refractivity (Wildman–Crippen MR) is 182 cm³/mol. The summed E-state index contributed by atoms with van der Waals surface area (Å²) in [7, 11) is 0. The van der Waals surface area contributed by atoms with Crippen molar-refractivity contribution in [3.05, 3.63) is 146 Å². The van der Waals surface area contributed by atoms with Crippen LogP contribution in [0, 0.1) is 0 Å². The third kappa shape index (κ3) is 4.43. The van der Waals surface area contributed by atoms with Crippen LogP contribution in [0.2, 0.25) is 0 Å². The maximum atomic E-state index is 6.60. The molecule has 0 saturated heterocycles. The maximum Gasteiger partial charge on any atom is 0.227 e. The van der Waals surface area contributed by atoms with E-state index >= 15 is 0 Å². The first-order valence-corrected chi connectivity index (χ1v) is 15.1. The van der Waals surface area contributed by atoms with Gasteiger partial charge in [0.2, 0.25) is 5.89 Å². The molecule has 9 rings (SSSR count). The van der Waals surface area contributed by atoms with E-state index in [1.807, 2.05) is 109 Å². The van der Waals surface area contributed by atoms with Gasteiger partial charge in [-0.3, -0.25) is 0 Å². The SMILES string of the molecule is c1ccc(-c2nc(-c3ccccc3)nc(-c3cccc4oc5c(-c6ccc7oc(-c8ccccc8)nc7c6)cccc5c34)n2)cc1. The number of para-hydroxylation sites is 1. The first-order chi connectivity index (χ1) is 22.8. The Balaban J connectivity index is 1.22. The van der Waals surface area contributed by atoms with E-state index in [1.54, 1.807) is 0 Å². The topological polar surface area (TPSA) is 77.8 Å². The maximum absolute atomic E-state index is 6.60. The second-order valence-corrected chi connectivity index (χ2v) is 11.1. The van der Waals surface area contributed by atoms with Crippen molar-refractivity contribution in [2.45, 2.75) is 0 Å². The summed E-state index contributed by atoms with van der Waals surface area (Å²) in [5, 5.41) is 1.94. The molecule has 0 atom stereocenters. The smallest absolute Gasteiger partial charge is 0.227 e. The molecule has 0 saturated carbocycles. The van der Waals surface area contributed by atoms with Crippen LogP contribution in [0.15, 0.2) is 154 Å². The Kier molecular flexibility index (Phi) is 6.03. The minimum absolute atomic E-state index is 0.587. The lowest BCUT2D eigenvalue weighted by atomic mass is 10.00. The molecule has 0 aliphatic rings. The molecule has 6 heteroatoms. The van der Waals surface area contributed by atoms with Gasteiger partial charge in [0.15, 0.2) is 23.1 Å². The fourth-order valence-corrected chi connectivity index (χ4v) is 5.99. The molecular formula is C40H24N4O2. The van der Waals surface area contributed by atoms with Crippen molar-refractivity contribution in [1.82, 2.24) is 19.9 Å². The Morgan fingerprint density at radius 1 is 0.391 bits per heavy atom. The molecule has 0 radical (unpaired) electrons. The number of nitrogens with zero attached hydrogens (tertiary/aromatic N) is 4. The molecule has 0 unspecified atom stereocenters. The average Bonchev–Trinajstić information content (AvgIpc) is 3.74. The molecule has 0 bridgehead atoms. The standard InChI is InChI=1S/C40H24N4O2/c1-4-12-25(13-5-1)37-42-38(26-14-6-2-7-15-26)44-39(43-37)31-20-11-21-34-35(31)30-19-10-18-29(36(30)45-34)28-22-23-33-32(24-28)41-40(46-33)27-16-8-3-9-17-27/h1-24H. The van der Waals surface area contributed by atoms with Crippen LogP contribution in [0.1, 0.15) is 0 Å². The number of hydrogen-bond acceptors (Lipinski definition) is 6. The van der Waals surface area contributed by atoms with Crippen molar-refractivity contribution in [2.24, 2.45) is 0 Å². The van der Waals surface area contributed by atoms with Gasteiger partial charge in [0.05, 0.1) is 0 Å². The summed E-state index contributed by atoms with van der Waals surface area (Å²) in [5.41, 5.74) is 8.70. The summed E-state index contributed by atoms with van der Waals surface area (Å²) in [4.78, 5) is 19.7. The van der Waals surface area contributed by atoms with Gasteiger partial charge in [-0.25, -0.2) is 19.9 Å². The second kappa shape index (κ2) is 10.6. The van der Waals surface area contributed by atoms with Gasteiger partial charge >= 0.3 is 0 Å². The molecule has 0 aliphatic heterocycles. The summed E-state index contributed by atoms with van der Waals surface area (Å²) in [6.45, 7) is 0. The van der Waals surface area contributed by atoms with E-state index in [0.29, 0.717) is 23.4 Å². The third-order valence-electron chi connectivity index (χ3n) is 8.18. The van der Waals surface area contributed by atoms with E-state index in [-0.39, 0.29) is 0 Å². The lowest BCUT2D eigenvalue weighted by Crippen LogP contribution is -2.00. The van der Waals surface area contributed by atoms with Crippen LogP contribution in [-0.4, -0.2) is 19.9 Å². The molecule has 0 aliphatic carbocycles. The highest BCUT2D eigenvalue weighted by atomic mass is 16.3. The Hall–Kier alpha value is -6.40. The minimum Gasteiger partial charge on any atom is -0.455 e. The van der Waals surface area contributed by atoms with Gasteiger partial charge in [0.25, 0.3) is 0 Å². The van der Waals surface area contributed by atoms with Crippen molar-refractivity contribution < 1.29 is 8.83 Å². The lowest BCUT2D eigenvalue weighted by Gasteiger charge is -2.09. The van der Waals surface area contributed by atoms with E-state index in [2.05, 4.69) is 36.4 Å². The van der Waals surface area contributed by atoms with Crippen LogP contribution in [-0.2, 0) is 0 Å². The highest BCUT2D eigenvalue weighted by Gasteiger charge is 2.20. The van der Waals surface area contributed by atoms with Gasteiger partial charge in [-0.2, -0.15) is 0 Å². The number of furan rings is 1. The number of fused-ring (bicyclic) bond motifs is 4. The molecule has 3 aromatic heterocycles. The van der Waals surface area contributed by atoms with Gasteiger partial charge in [-0.15, -0.1) is 0 Å². The normalized spacial score (nSPS) is 11.5. The summed E-state index contributed by atoms with van der Waals surface area (Å²) < 4.78 is 12.7. The van der Waals surface area contributed by atoms with Gasteiger partial charge in [-0.05, 0) is 35.9 Å². The molecule has 0 fully saturated rings. The molecule has 46 heavy (non-hydrogen) atoms. The number of aromatic nitrogens is 4.